The van der Waals surface area contributed by atoms with Crippen LogP contribution < -0.4 is 13.6 Å². The minimum atomic E-state index is -2.37. The van der Waals surface area contributed by atoms with E-state index in [1.165, 1.54) is 34.8 Å². The van der Waals surface area contributed by atoms with E-state index in [2.05, 4.69) is 93.7 Å². The average molecular weight is 616 g/mol. The first-order valence-corrected chi connectivity index (χ1v) is 26.6. The Labute approximate surface area is 224 Å². The van der Waals surface area contributed by atoms with Crippen molar-refractivity contribution in [3.05, 3.63) is 46.3 Å². The average Bonchev–Trinajstić information content (AvgIpc) is 2.74. The first kappa shape index (κ1) is 29.3. The predicted octanol–water partition coefficient (Wildman–Crippen LogP) is 9.12. The summed E-state index contributed by atoms with van der Waals surface area (Å²) in [5, 5.41) is 2.64. The number of fused-ring (bicyclic) bond motifs is 3. The van der Waals surface area contributed by atoms with Gasteiger partial charge in [-0.15, -0.1) is 0 Å². The van der Waals surface area contributed by atoms with Crippen LogP contribution in [0.25, 0.3) is 21.7 Å². The van der Waals surface area contributed by atoms with Gasteiger partial charge < -0.3 is 0 Å². The fourth-order valence-electron chi connectivity index (χ4n) is 4.52. The molecule has 0 fully saturated rings. The summed E-state index contributed by atoms with van der Waals surface area (Å²) < 4.78 is 14.4. The third-order valence-corrected chi connectivity index (χ3v) is 18.4. The zero-order valence-electron chi connectivity index (χ0n) is 24.6. The zero-order valence-corrected chi connectivity index (χ0v) is 28.5. The van der Waals surface area contributed by atoms with E-state index in [-0.39, 0.29) is 16.1 Å². The molecule has 0 aliphatic heterocycles. The van der Waals surface area contributed by atoms with Crippen LogP contribution in [-0.4, -0.2) is 26.7 Å². The molecule has 0 aliphatic rings. The molecule has 0 saturated heterocycles. The van der Waals surface area contributed by atoms with Gasteiger partial charge in [0.05, 0.1) is 0 Å². The molecule has 2 aromatic carbocycles. The summed E-state index contributed by atoms with van der Waals surface area (Å²) in [5.41, 5.74) is 1.55. The van der Waals surface area contributed by atoms with Gasteiger partial charge in [0.25, 0.3) is 0 Å². The molecule has 0 aliphatic carbocycles. The minimum absolute atomic E-state index is 0.0370. The fraction of sp³-hybridized carbons (Fsp3) is 0.581. The summed E-state index contributed by atoms with van der Waals surface area (Å²) in [6.45, 7) is 18.3. The van der Waals surface area contributed by atoms with Gasteiger partial charge in [-0.2, -0.15) is 0 Å². The topological polar surface area (TPSA) is 39.4 Å². The maximum atomic E-state index is 13.1. The molecule has 1 aromatic heterocycles. The van der Waals surface area contributed by atoms with Crippen molar-refractivity contribution in [2.45, 2.75) is 112 Å². The van der Waals surface area contributed by atoms with E-state index in [9.17, 15) is 4.79 Å². The number of rotatable bonds is 9. The SMILES string of the molecule is CCCCCCC(C)(C)c1cc(O[Si](C)(C)C(C)(C)C)c2c(c1)oc(=O)c1cc[c]([Sn]([CH3])([CH3])[CH3])cc12. The van der Waals surface area contributed by atoms with Crippen LogP contribution in [0.2, 0.25) is 33.0 Å². The van der Waals surface area contributed by atoms with Crippen molar-refractivity contribution in [3.8, 4) is 5.75 Å². The summed E-state index contributed by atoms with van der Waals surface area (Å²) in [6.07, 6.45) is 6.05. The molecule has 3 nitrogen and oxygen atoms in total. The first-order chi connectivity index (χ1) is 16.5. The molecule has 3 rings (SSSR count). The van der Waals surface area contributed by atoms with E-state index in [1.807, 2.05) is 6.07 Å². The van der Waals surface area contributed by atoms with E-state index in [1.54, 1.807) is 0 Å². The van der Waals surface area contributed by atoms with Crippen LogP contribution >= 0.6 is 0 Å². The van der Waals surface area contributed by atoms with Crippen molar-refractivity contribution in [2.24, 2.45) is 0 Å². The van der Waals surface area contributed by atoms with Gasteiger partial charge in [0.1, 0.15) is 0 Å². The Hall–Kier alpha value is -1.27. The summed E-state index contributed by atoms with van der Waals surface area (Å²) in [4.78, 5) is 20.4. The van der Waals surface area contributed by atoms with Crippen LogP contribution in [0.1, 0.15) is 79.2 Å². The van der Waals surface area contributed by atoms with Crippen LogP contribution in [0.15, 0.2) is 39.5 Å². The molecule has 1 heterocycles. The van der Waals surface area contributed by atoms with Gasteiger partial charge >= 0.3 is 212 Å². The molecule has 3 aromatic rings. The van der Waals surface area contributed by atoms with Crippen molar-refractivity contribution in [2.75, 3.05) is 0 Å². The van der Waals surface area contributed by atoms with E-state index < -0.39 is 26.7 Å². The van der Waals surface area contributed by atoms with Crippen molar-refractivity contribution in [3.63, 3.8) is 0 Å². The number of hydrogen-bond donors (Lipinski definition) is 0. The third kappa shape index (κ3) is 6.23. The van der Waals surface area contributed by atoms with Crippen LogP contribution in [0.3, 0.4) is 0 Å². The van der Waals surface area contributed by atoms with Crippen molar-refractivity contribution in [1.29, 1.82) is 0 Å². The van der Waals surface area contributed by atoms with Gasteiger partial charge in [0, 0.05) is 0 Å². The Bertz CT molecular complexity index is 1290. The quantitative estimate of drug-likeness (QED) is 0.104. The first-order valence-electron chi connectivity index (χ1n) is 13.7. The van der Waals surface area contributed by atoms with Gasteiger partial charge in [0.2, 0.25) is 0 Å². The Morgan fingerprint density at radius 1 is 0.917 bits per heavy atom. The molecule has 198 valence electrons. The molecule has 0 unspecified atom stereocenters. The zero-order chi connectivity index (χ0) is 27.1. The molecule has 0 saturated carbocycles. The monoisotopic (exact) mass is 616 g/mol. The van der Waals surface area contributed by atoms with Crippen molar-refractivity contribution >= 4 is 52.0 Å². The summed E-state index contributed by atoms with van der Waals surface area (Å²) in [7, 11) is -2.14. The van der Waals surface area contributed by atoms with E-state index >= 15 is 0 Å². The summed E-state index contributed by atoms with van der Waals surface area (Å²) in [5.74, 6) is 0.880. The van der Waals surface area contributed by atoms with Gasteiger partial charge in [-0.3, -0.25) is 0 Å². The molecule has 0 radical (unpaired) electrons. The molecule has 5 heteroatoms. The van der Waals surface area contributed by atoms with E-state index in [0.29, 0.717) is 11.0 Å². The van der Waals surface area contributed by atoms with E-state index in [4.69, 9.17) is 8.84 Å². The molecule has 0 bridgehead atoms. The van der Waals surface area contributed by atoms with Crippen LogP contribution in [0.4, 0.5) is 0 Å². The molecule has 0 atom stereocenters. The number of unbranched alkanes of at least 4 members (excludes halogenated alkanes) is 3. The maximum absolute atomic E-state index is 13.1. The number of benzene rings is 2. The molecular weight excluding hydrogens is 567 g/mol. The molecular formula is C31H48O3SiSn. The summed E-state index contributed by atoms with van der Waals surface area (Å²) >= 11 is -2.37. The Kier molecular flexibility index (Phi) is 8.52. The van der Waals surface area contributed by atoms with Gasteiger partial charge in [-0.1, -0.05) is 13.3 Å². The Balaban J connectivity index is 2.33. The van der Waals surface area contributed by atoms with E-state index in [0.717, 1.165) is 22.9 Å². The third-order valence-electron chi connectivity index (χ3n) is 8.25. The van der Waals surface area contributed by atoms with Crippen LogP contribution in [0.5, 0.6) is 5.75 Å². The molecule has 0 N–H and O–H groups in total. The fourth-order valence-corrected chi connectivity index (χ4v) is 8.85. The predicted molar refractivity (Wildman–Crippen MR) is 163 cm³/mol. The molecule has 0 amide bonds. The molecule has 0 spiro atoms. The molecule has 36 heavy (non-hydrogen) atoms. The second-order valence-electron chi connectivity index (χ2n) is 13.8. The standard InChI is InChI=1S/C28H39O3Si.3CH3.Sn/c1-9-10-11-14-17-28(5,6)20-18-23-25(21-15-12-13-16-22(21)26(29)30-23)24(19-20)31-32(7,8)27(2,3)4;;;;/h13,15-16,18-19H,9-11,14,17H2,1-8H3;3*1H3;. The van der Waals surface area contributed by atoms with Gasteiger partial charge in [-0.05, 0) is 0 Å². The van der Waals surface area contributed by atoms with Crippen molar-refractivity contribution < 1.29 is 8.84 Å². The Morgan fingerprint density at radius 3 is 2.17 bits per heavy atom. The summed E-state index contributed by atoms with van der Waals surface area (Å²) in [6, 6.07) is 10.7. The van der Waals surface area contributed by atoms with Gasteiger partial charge in [0.15, 0.2) is 0 Å². The van der Waals surface area contributed by atoms with Gasteiger partial charge in [-0.25, -0.2) is 0 Å². The second kappa shape index (κ2) is 10.5. The van der Waals surface area contributed by atoms with Crippen LogP contribution in [0, 0.1) is 0 Å². The van der Waals surface area contributed by atoms with Crippen LogP contribution in [-0.2, 0) is 5.41 Å². The second-order valence-corrected chi connectivity index (χ2v) is 33.0. The Morgan fingerprint density at radius 2 is 1.58 bits per heavy atom. The number of hydrogen-bond acceptors (Lipinski definition) is 3. The van der Waals surface area contributed by atoms with Crippen molar-refractivity contribution in [1.82, 2.24) is 0 Å². The normalized spacial score (nSPS) is 13.5.